The van der Waals surface area contributed by atoms with Gasteiger partial charge < -0.3 is 14.8 Å². The molecule has 1 amide bonds. The van der Waals surface area contributed by atoms with Crippen LogP contribution >= 0.6 is 0 Å². The maximum absolute atomic E-state index is 12.2. The van der Waals surface area contributed by atoms with Gasteiger partial charge in [0.05, 0.1) is 11.8 Å². The van der Waals surface area contributed by atoms with Gasteiger partial charge in [-0.2, -0.15) is 0 Å². The summed E-state index contributed by atoms with van der Waals surface area (Å²) < 4.78 is 5.25. The molecule has 2 aromatic heterocycles. The Morgan fingerprint density at radius 3 is 3.05 bits per heavy atom. The molecule has 2 aromatic rings. The standard InChI is InChI=1S/C16H16N2O3/c1-12(11-14-7-4-10-21-14)18-16(20)15-13(6-3-9-19)5-2-8-17-15/h2,4-5,7-8,10,12,19H,9,11H2,1H3,(H,18,20). The van der Waals surface area contributed by atoms with Crippen LogP contribution in [0.3, 0.4) is 0 Å². The van der Waals surface area contributed by atoms with Crippen molar-refractivity contribution in [3.63, 3.8) is 0 Å². The van der Waals surface area contributed by atoms with Crippen molar-refractivity contribution in [1.29, 1.82) is 0 Å². The van der Waals surface area contributed by atoms with E-state index in [2.05, 4.69) is 22.1 Å². The van der Waals surface area contributed by atoms with E-state index in [0.29, 0.717) is 12.0 Å². The van der Waals surface area contributed by atoms with Crippen molar-refractivity contribution in [2.45, 2.75) is 19.4 Å². The van der Waals surface area contributed by atoms with E-state index in [-0.39, 0.29) is 24.2 Å². The molecule has 0 aliphatic heterocycles. The highest BCUT2D eigenvalue weighted by atomic mass is 16.3. The second-order valence-corrected chi connectivity index (χ2v) is 4.52. The summed E-state index contributed by atoms with van der Waals surface area (Å²) in [5, 5.41) is 11.6. The summed E-state index contributed by atoms with van der Waals surface area (Å²) in [5.74, 6) is 5.76. The first-order chi connectivity index (χ1) is 10.2. The fraction of sp³-hybridized carbons (Fsp3) is 0.250. The Morgan fingerprint density at radius 2 is 2.33 bits per heavy atom. The van der Waals surface area contributed by atoms with Crippen LogP contribution < -0.4 is 5.32 Å². The van der Waals surface area contributed by atoms with Crippen LogP contribution in [0.15, 0.2) is 41.1 Å². The lowest BCUT2D eigenvalue weighted by atomic mass is 10.1. The number of hydrogen-bond donors (Lipinski definition) is 2. The first-order valence-electron chi connectivity index (χ1n) is 6.58. The third-order valence-electron chi connectivity index (χ3n) is 2.79. The van der Waals surface area contributed by atoms with E-state index in [9.17, 15) is 4.79 Å². The SMILES string of the molecule is CC(Cc1ccco1)NC(=O)c1ncccc1C#CCO. The Balaban J connectivity index is 2.06. The summed E-state index contributed by atoms with van der Waals surface area (Å²) in [6, 6.07) is 6.98. The van der Waals surface area contributed by atoms with Crippen molar-refractivity contribution < 1.29 is 14.3 Å². The van der Waals surface area contributed by atoms with Crippen LogP contribution in [0.2, 0.25) is 0 Å². The van der Waals surface area contributed by atoms with Gasteiger partial charge in [0.2, 0.25) is 0 Å². The van der Waals surface area contributed by atoms with Gasteiger partial charge in [0.15, 0.2) is 0 Å². The highest BCUT2D eigenvalue weighted by Crippen LogP contribution is 2.07. The van der Waals surface area contributed by atoms with Crippen molar-refractivity contribution >= 4 is 5.91 Å². The highest BCUT2D eigenvalue weighted by Gasteiger charge is 2.15. The molecule has 1 atom stereocenters. The Kier molecular flexibility index (Phi) is 5.13. The second-order valence-electron chi connectivity index (χ2n) is 4.52. The van der Waals surface area contributed by atoms with Crippen LogP contribution in [0.5, 0.6) is 0 Å². The van der Waals surface area contributed by atoms with Gasteiger partial charge in [-0.3, -0.25) is 4.79 Å². The number of furan rings is 1. The van der Waals surface area contributed by atoms with E-state index in [1.54, 1.807) is 18.4 Å². The molecule has 0 fully saturated rings. The molecule has 5 heteroatoms. The van der Waals surface area contributed by atoms with Gasteiger partial charge in [-0.1, -0.05) is 11.8 Å². The molecule has 0 radical (unpaired) electrons. The molecule has 1 unspecified atom stereocenters. The monoisotopic (exact) mass is 284 g/mol. The molecule has 0 saturated carbocycles. The normalized spacial score (nSPS) is 11.3. The lowest BCUT2D eigenvalue weighted by Gasteiger charge is -2.12. The topological polar surface area (TPSA) is 75.4 Å². The number of nitrogens with zero attached hydrogens (tertiary/aromatic N) is 1. The predicted molar refractivity (Wildman–Crippen MR) is 77.5 cm³/mol. The van der Waals surface area contributed by atoms with E-state index < -0.39 is 0 Å². The molecule has 0 spiro atoms. The zero-order valence-corrected chi connectivity index (χ0v) is 11.7. The van der Waals surface area contributed by atoms with Crippen molar-refractivity contribution in [3.05, 3.63) is 53.7 Å². The summed E-state index contributed by atoms with van der Waals surface area (Å²) in [4.78, 5) is 16.3. The minimum atomic E-state index is -0.295. The van der Waals surface area contributed by atoms with E-state index in [1.165, 1.54) is 6.20 Å². The quantitative estimate of drug-likeness (QED) is 0.832. The van der Waals surface area contributed by atoms with E-state index in [1.807, 2.05) is 19.1 Å². The Labute approximate surface area is 123 Å². The van der Waals surface area contributed by atoms with Gasteiger partial charge in [-0.15, -0.1) is 0 Å². The zero-order valence-electron chi connectivity index (χ0n) is 11.7. The lowest BCUT2D eigenvalue weighted by Crippen LogP contribution is -2.35. The summed E-state index contributed by atoms with van der Waals surface area (Å²) in [6.45, 7) is 1.63. The van der Waals surface area contributed by atoms with Crippen LogP contribution in [-0.2, 0) is 6.42 Å². The molecule has 5 nitrogen and oxygen atoms in total. The smallest absolute Gasteiger partial charge is 0.271 e. The number of aliphatic hydroxyl groups is 1. The fourth-order valence-corrected chi connectivity index (χ4v) is 1.90. The second kappa shape index (κ2) is 7.27. The molecular weight excluding hydrogens is 268 g/mol. The van der Waals surface area contributed by atoms with Gasteiger partial charge in [0.25, 0.3) is 5.91 Å². The number of rotatable bonds is 4. The van der Waals surface area contributed by atoms with Gasteiger partial charge in [-0.05, 0) is 31.2 Å². The number of carbonyl (C=O) groups excluding carboxylic acids is 1. The van der Waals surface area contributed by atoms with E-state index >= 15 is 0 Å². The van der Waals surface area contributed by atoms with Crippen LogP contribution in [-0.4, -0.2) is 28.6 Å². The molecule has 108 valence electrons. The minimum Gasteiger partial charge on any atom is -0.469 e. The molecule has 2 heterocycles. The van der Waals surface area contributed by atoms with Crippen molar-refractivity contribution in [1.82, 2.24) is 10.3 Å². The molecule has 0 saturated heterocycles. The summed E-state index contributed by atoms with van der Waals surface area (Å²) in [6.07, 6.45) is 3.74. The number of carbonyl (C=O) groups is 1. The molecule has 0 aliphatic carbocycles. The molecule has 0 bridgehead atoms. The number of pyridine rings is 1. The van der Waals surface area contributed by atoms with Gasteiger partial charge in [-0.25, -0.2) is 4.98 Å². The highest BCUT2D eigenvalue weighted by molar-refractivity contribution is 5.94. The minimum absolute atomic E-state index is 0.0932. The molecule has 21 heavy (non-hydrogen) atoms. The third-order valence-corrected chi connectivity index (χ3v) is 2.79. The molecule has 0 aliphatic rings. The maximum atomic E-state index is 12.2. The lowest BCUT2D eigenvalue weighted by molar-refractivity contribution is 0.0934. The number of aliphatic hydroxyl groups excluding tert-OH is 1. The van der Waals surface area contributed by atoms with Crippen molar-refractivity contribution in [2.75, 3.05) is 6.61 Å². The molecule has 2 rings (SSSR count). The average molecular weight is 284 g/mol. The van der Waals surface area contributed by atoms with Crippen LogP contribution in [0.4, 0.5) is 0 Å². The largest absolute Gasteiger partial charge is 0.469 e. The van der Waals surface area contributed by atoms with Crippen LogP contribution in [0.25, 0.3) is 0 Å². The average Bonchev–Trinajstić information content (AvgIpc) is 2.98. The van der Waals surface area contributed by atoms with Crippen LogP contribution in [0, 0.1) is 11.8 Å². The van der Waals surface area contributed by atoms with Gasteiger partial charge in [0.1, 0.15) is 18.1 Å². The van der Waals surface area contributed by atoms with E-state index in [0.717, 1.165) is 5.76 Å². The number of nitrogens with one attached hydrogen (secondary N) is 1. The Bertz CT molecular complexity index is 654. The fourth-order valence-electron chi connectivity index (χ4n) is 1.90. The number of hydrogen-bond acceptors (Lipinski definition) is 4. The molecule has 2 N–H and O–H groups in total. The maximum Gasteiger partial charge on any atom is 0.271 e. The Hall–Kier alpha value is -2.58. The summed E-state index contributed by atoms with van der Waals surface area (Å²) in [5.41, 5.74) is 0.749. The van der Waals surface area contributed by atoms with E-state index in [4.69, 9.17) is 9.52 Å². The Morgan fingerprint density at radius 1 is 1.48 bits per heavy atom. The first-order valence-corrected chi connectivity index (χ1v) is 6.58. The summed E-state index contributed by atoms with van der Waals surface area (Å²) >= 11 is 0. The van der Waals surface area contributed by atoms with Gasteiger partial charge >= 0.3 is 0 Å². The third kappa shape index (κ3) is 4.20. The number of aromatic nitrogens is 1. The first kappa shape index (κ1) is 14.8. The molecule has 0 aromatic carbocycles. The van der Waals surface area contributed by atoms with Gasteiger partial charge in [0, 0.05) is 18.7 Å². The summed E-state index contributed by atoms with van der Waals surface area (Å²) in [7, 11) is 0. The predicted octanol–water partition coefficient (Wildman–Crippen LogP) is 1.38. The molecular formula is C16H16N2O3. The number of amides is 1. The zero-order chi connectivity index (χ0) is 15.1. The van der Waals surface area contributed by atoms with Crippen molar-refractivity contribution in [2.24, 2.45) is 0 Å². The van der Waals surface area contributed by atoms with Crippen LogP contribution in [0.1, 0.15) is 28.7 Å². The van der Waals surface area contributed by atoms with Crippen molar-refractivity contribution in [3.8, 4) is 11.8 Å².